The highest BCUT2D eigenvalue weighted by atomic mass is 19.1. The molecule has 0 saturated carbocycles. The maximum atomic E-state index is 13.6. The third-order valence-corrected chi connectivity index (χ3v) is 2.63. The van der Waals surface area contributed by atoms with Gasteiger partial charge in [0.1, 0.15) is 11.9 Å². The number of carbonyl (C=O) groups is 1. The average Bonchev–Trinajstić information content (AvgIpc) is 2.39. The topological polar surface area (TPSA) is 110 Å². The highest BCUT2D eigenvalue weighted by Gasteiger charge is 2.28. The van der Waals surface area contributed by atoms with Gasteiger partial charge in [-0.15, -0.1) is 0 Å². The number of halogens is 2. The Labute approximate surface area is 117 Å². The Morgan fingerprint density at radius 1 is 1.38 bits per heavy atom. The molecule has 0 radical (unpaired) electrons. The van der Waals surface area contributed by atoms with Crippen molar-refractivity contribution in [3.63, 3.8) is 0 Å². The van der Waals surface area contributed by atoms with Gasteiger partial charge in [0.2, 0.25) is 5.82 Å². The molecule has 0 bridgehead atoms. The van der Waals surface area contributed by atoms with Crippen molar-refractivity contribution in [2.75, 3.05) is 6.61 Å². The van der Waals surface area contributed by atoms with E-state index in [9.17, 15) is 33.9 Å². The largest absolute Gasteiger partial charge is 0.466 e. The van der Waals surface area contributed by atoms with E-state index in [1.54, 1.807) is 0 Å². The number of ether oxygens (including phenoxy) is 1. The van der Waals surface area contributed by atoms with Gasteiger partial charge in [-0.25, -0.2) is 4.39 Å². The second kappa shape index (κ2) is 7.04. The minimum absolute atomic E-state index is 0.0577. The Hall–Kier alpha value is -2.13. The van der Waals surface area contributed by atoms with Crippen molar-refractivity contribution < 1.29 is 33.4 Å². The number of hydrogen-bond donors (Lipinski definition) is 2. The van der Waals surface area contributed by atoms with Gasteiger partial charge in [-0.05, 0) is 13.0 Å². The molecule has 0 fully saturated rings. The number of hydrogen-bond acceptors (Lipinski definition) is 6. The van der Waals surface area contributed by atoms with E-state index in [2.05, 4.69) is 4.74 Å². The molecule has 0 saturated heterocycles. The summed E-state index contributed by atoms with van der Waals surface area (Å²) in [6.07, 6.45) is -4.29. The van der Waals surface area contributed by atoms with Crippen LogP contribution in [0.15, 0.2) is 12.1 Å². The molecule has 116 valence electrons. The lowest BCUT2D eigenvalue weighted by atomic mass is 10.0. The molecular weight excluding hydrogens is 292 g/mol. The van der Waals surface area contributed by atoms with Crippen LogP contribution in [-0.4, -0.2) is 33.8 Å². The number of nitro benzene ring substituents is 1. The molecule has 1 aromatic carbocycles. The smallest absolute Gasteiger partial charge is 0.308 e. The van der Waals surface area contributed by atoms with Gasteiger partial charge in [0.05, 0.1) is 30.1 Å². The second-order valence-electron chi connectivity index (χ2n) is 4.10. The van der Waals surface area contributed by atoms with Crippen molar-refractivity contribution in [1.82, 2.24) is 0 Å². The van der Waals surface area contributed by atoms with Gasteiger partial charge >= 0.3 is 11.7 Å². The van der Waals surface area contributed by atoms with Gasteiger partial charge in [-0.3, -0.25) is 14.9 Å². The first-order chi connectivity index (χ1) is 9.77. The summed E-state index contributed by atoms with van der Waals surface area (Å²) < 4.78 is 31.6. The van der Waals surface area contributed by atoms with Gasteiger partial charge < -0.3 is 14.9 Å². The van der Waals surface area contributed by atoms with E-state index in [-0.39, 0.29) is 6.61 Å². The Bertz CT molecular complexity index is 551. The van der Waals surface area contributed by atoms with Crippen LogP contribution in [0.2, 0.25) is 0 Å². The number of carbonyl (C=O) groups excluding carboxylic acids is 1. The fourth-order valence-corrected chi connectivity index (χ4v) is 1.63. The molecular formula is C12H13F2NO6. The second-order valence-corrected chi connectivity index (χ2v) is 4.10. The molecule has 0 spiro atoms. The van der Waals surface area contributed by atoms with Crippen LogP contribution in [-0.2, 0) is 9.53 Å². The van der Waals surface area contributed by atoms with E-state index < -0.39 is 52.4 Å². The molecule has 9 heteroatoms. The van der Waals surface area contributed by atoms with E-state index in [1.807, 2.05) is 0 Å². The van der Waals surface area contributed by atoms with Gasteiger partial charge in [0.25, 0.3) is 0 Å². The molecule has 0 aliphatic rings. The zero-order valence-corrected chi connectivity index (χ0v) is 11.0. The third kappa shape index (κ3) is 4.17. The lowest BCUT2D eigenvalue weighted by Gasteiger charge is -2.18. The molecule has 7 nitrogen and oxygen atoms in total. The Morgan fingerprint density at radius 2 is 2.00 bits per heavy atom. The maximum absolute atomic E-state index is 13.6. The molecule has 1 aromatic rings. The Kier molecular flexibility index (Phi) is 5.68. The van der Waals surface area contributed by atoms with Crippen LogP contribution in [0.5, 0.6) is 0 Å². The van der Waals surface area contributed by atoms with Gasteiger partial charge in [0.15, 0.2) is 0 Å². The number of benzene rings is 1. The quantitative estimate of drug-likeness (QED) is 0.464. The minimum atomic E-state index is -1.93. The summed E-state index contributed by atoms with van der Waals surface area (Å²) in [7, 11) is 0. The molecule has 2 unspecified atom stereocenters. The van der Waals surface area contributed by atoms with Crippen molar-refractivity contribution in [2.45, 2.75) is 25.6 Å². The van der Waals surface area contributed by atoms with Crippen molar-refractivity contribution in [2.24, 2.45) is 0 Å². The SMILES string of the molecule is CCOC(=O)CC(O)C(O)c1cc(F)c([N+](=O)[O-])cc1F. The minimum Gasteiger partial charge on any atom is -0.466 e. The van der Waals surface area contributed by atoms with Gasteiger partial charge in [0, 0.05) is 5.56 Å². The number of rotatable bonds is 6. The summed E-state index contributed by atoms with van der Waals surface area (Å²) in [5.41, 5.74) is -1.78. The number of nitrogens with zero attached hydrogens (tertiary/aromatic N) is 1. The first-order valence-electron chi connectivity index (χ1n) is 5.93. The summed E-state index contributed by atoms with van der Waals surface area (Å²) in [6.45, 7) is 1.59. The fourth-order valence-electron chi connectivity index (χ4n) is 1.63. The maximum Gasteiger partial charge on any atom is 0.308 e. The number of aliphatic hydroxyl groups excluding tert-OH is 2. The van der Waals surface area contributed by atoms with Crippen LogP contribution >= 0.6 is 0 Å². The van der Waals surface area contributed by atoms with Crippen molar-refractivity contribution in [3.05, 3.63) is 39.4 Å². The highest BCUT2D eigenvalue weighted by molar-refractivity contribution is 5.70. The van der Waals surface area contributed by atoms with E-state index >= 15 is 0 Å². The molecule has 0 heterocycles. The molecule has 0 amide bonds. The van der Waals surface area contributed by atoms with Crippen molar-refractivity contribution >= 4 is 11.7 Å². The van der Waals surface area contributed by atoms with Gasteiger partial charge in [-0.1, -0.05) is 0 Å². The predicted molar refractivity (Wildman–Crippen MR) is 65.2 cm³/mol. The molecule has 21 heavy (non-hydrogen) atoms. The summed E-state index contributed by atoms with van der Waals surface area (Å²) in [4.78, 5) is 20.4. The molecule has 0 aromatic heterocycles. The van der Waals surface area contributed by atoms with Crippen molar-refractivity contribution in [1.29, 1.82) is 0 Å². The molecule has 0 aliphatic heterocycles. The standard InChI is InChI=1S/C12H13F2NO6/c1-2-21-11(17)5-10(16)12(18)6-3-8(14)9(15(19)20)4-7(6)13/h3-4,10,12,16,18H,2,5H2,1H3. The van der Waals surface area contributed by atoms with Crippen LogP contribution in [0.4, 0.5) is 14.5 Å². The Balaban J connectivity index is 2.97. The lowest BCUT2D eigenvalue weighted by Crippen LogP contribution is -2.24. The van der Waals surface area contributed by atoms with Crippen LogP contribution in [0.25, 0.3) is 0 Å². The van der Waals surface area contributed by atoms with E-state index in [0.29, 0.717) is 12.1 Å². The summed E-state index contributed by atoms with van der Waals surface area (Å²) in [6, 6.07) is 0.706. The third-order valence-electron chi connectivity index (χ3n) is 2.63. The molecule has 1 rings (SSSR count). The summed E-state index contributed by atoms with van der Waals surface area (Å²) >= 11 is 0. The molecule has 2 atom stereocenters. The van der Waals surface area contributed by atoms with E-state index in [0.717, 1.165) is 0 Å². The first kappa shape index (κ1) is 16.9. The average molecular weight is 305 g/mol. The molecule has 2 N–H and O–H groups in total. The van der Waals surface area contributed by atoms with Crippen LogP contribution in [0.3, 0.4) is 0 Å². The monoisotopic (exact) mass is 305 g/mol. The summed E-state index contributed by atoms with van der Waals surface area (Å²) in [5, 5.41) is 29.7. The van der Waals surface area contributed by atoms with E-state index in [4.69, 9.17) is 0 Å². The van der Waals surface area contributed by atoms with E-state index in [1.165, 1.54) is 6.92 Å². The fraction of sp³-hybridized carbons (Fsp3) is 0.417. The summed E-state index contributed by atoms with van der Waals surface area (Å²) in [5.74, 6) is -3.45. The number of nitro groups is 1. The predicted octanol–water partition coefficient (Wildman–Crippen LogP) is 1.22. The number of aliphatic hydroxyl groups is 2. The highest BCUT2D eigenvalue weighted by Crippen LogP contribution is 2.28. The van der Waals surface area contributed by atoms with Gasteiger partial charge in [-0.2, -0.15) is 4.39 Å². The molecule has 0 aliphatic carbocycles. The van der Waals surface area contributed by atoms with Crippen LogP contribution in [0, 0.1) is 21.7 Å². The first-order valence-corrected chi connectivity index (χ1v) is 5.93. The van der Waals surface area contributed by atoms with Crippen LogP contribution < -0.4 is 0 Å². The zero-order chi connectivity index (χ0) is 16.2. The normalized spacial score (nSPS) is 13.6. The number of esters is 1. The van der Waals surface area contributed by atoms with Crippen LogP contribution in [0.1, 0.15) is 25.0 Å². The lowest BCUT2D eigenvalue weighted by molar-refractivity contribution is -0.387. The zero-order valence-electron chi connectivity index (χ0n) is 11.0. The Morgan fingerprint density at radius 3 is 2.52 bits per heavy atom. The van der Waals surface area contributed by atoms with Crippen molar-refractivity contribution in [3.8, 4) is 0 Å².